The summed E-state index contributed by atoms with van der Waals surface area (Å²) in [7, 11) is 0. The average Bonchev–Trinajstić information content (AvgIpc) is 2.11. The number of hydrogen-bond acceptors (Lipinski definition) is 6. The molecule has 1 aliphatic heterocycles. The zero-order chi connectivity index (χ0) is 13.0. The molecule has 6 heteroatoms. The lowest BCUT2D eigenvalue weighted by molar-refractivity contribution is -0.423. The first-order chi connectivity index (χ1) is 6.92. The Labute approximate surface area is 94.1 Å². The molecule has 96 valence electrons. The highest BCUT2D eigenvalue weighted by atomic mass is 16.7. The van der Waals surface area contributed by atoms with Crippen molar-refractivity contribution in [3.63, 3.8) is 0 Å². The first kappa shape index (κ1) is 13.8. The minimum Gasteiger partial charge on any atom is -0.394 e. The molecule has 0 amide bonds. The van der Waals surface area contributed by atoms with Gasteiger partial charge in [-0.2, -0.15) is 0 Å². The summed E-state index contributed by atoms with van der Waals surface area (Å²) in [5.74, 6) is -2.08. The summed E-state index contributed by atoms with van der Waals surface area (Å²) in [6.45, 7) is 4.16. The SMILES string of the molecule is C[C@@]1(O)[C@@](C)(O)[C@](C)(O)[C@H](CO)O[C@@]1(C)O. The molecule has 0 saturated carbocycles. The van der Waals surface area contributed by atoms with Crippen molar-refractivity contribution < 1.29 is 30.3 Å². The fraction of sp³-hybridized carbons (Fsp3) is 1.00. The molecule has 1 rings (SSSR count). The summed E-state index contributed by atoms with van der Waals surface area (Å²) in [5.41, 5.74) is -6.03. The first-order valence-corrected chi connectivity index (χ1v) is 5.10. The molecular formula is C10H20O6. The van der Waals surface area contributed by atoms with Crippen LogP contribution in [0.3, 0.4) is 0 Å². The van der Waals surface area contributed by atoms with Crippen molar-refractivity contribution in [3.05, 3.63) is 0 Å². The van der Waals surface area contributed by atoms with Crippen molar-refractivity contribution in [1.29, 1.82) is 0 Å². The van der Waals surface area contributed by atoms with Crippen LogP contribution in [0, 0.1) is 0 Å². The summed E-state index contributed by atoms with van der Waals surface area (Å²) in [4.78, 5) is 0. The van der Waals surface area contributed by atoms with E-state index in [0.717, 1.165) is 6.92 Å². The molecule has 0 radical (unpaired) electrons. The molecule has 16 heavy (non-hydrogen) atoms. The van der Waals surface area contributed by atoms with Gasteiger partial charge in [0.25, 0.3) is 0 Å². The Kier molecular flexibility index (Phi) is 2.92. The quantitative estimate of drug-likeness (QED) is 0.373. The molecule has 1 saturated heterocycles. The van der Waals surface area contributed by atoms with E-state index in [-0.39, 0.29) is 0 Å². The molecule has 0 unspecified atom stereocenters. The molecule has 6 nitrogen and oxygen atoms in total. The van der Waals surface area contributed by atoms with Gasteiger partial charge in [-0.1, -0.05) is 0 Å². The fourth-order valence-corrected chi connectivity index (χ4v) is 1.98. The molecule has 0 aromatic carbocycles. The third-order valence-corrected chi connectivity index (χ3v) is 4.00. The molecule has 1 fully saturated rings. The summed E-state index contributed by atoms with van der Waals surface area (Å²) in [5, 5.41) is 49.4. The lowest BCUT2D eigenvalue weighted by atomic mass is 9.65. The van der Waals surface area contributed by atoms with Crippen LogP contribution < -0.4 is 0 Å². The predicted octanol–water partition coefficient (Wildman–Crippen LogP) is -1.66. The van der Waals surface area contributed by atoms with Gasteiger partial charge in [0.05, 0.1) is 6.61 Å². The molecule has 0 bridgehead atoms. The summed E-state index contributed by atoms with van der Waals surface area (Å²) in [6.07, 6.45) is -1.20. The maximum atomic E-state index is 10.2. The van der Waals surface area contributed by atoms with E-state index >= 15 is 0 Å². The Morgan fingerprint density at radius 2 is 1.38 bits per heavy atom. The van der Waals surface area contributed by atoms with Crippen LogP contribution in [-0.2, 0) is 4.74 Å². The molecule has 0 aliphatic carbocycles. The summed E-state index contributed by atoms with van der Waals surface area (Å²) < 4.78 is 5.03. The predicted molar refractivity (Wildman–Crippen MR) is 54.5 cm³/mol. The number of ether oxygens (including phenoxy) is 1. The standard InChI is InChI=1S/C10H20O6/c1-7(12)6(5-11)16-10(4,15)9(3,14)8(7,2)13/h6,11-15H,5H2,1-4H3/t6-,7+,8-,9+,10+/m0/s1. The number of hydrogen-bond donors (Lipinski definition) is 5. The van der Waals surface area contributed by atoms with Gasteiger partial charge in [0.2, 0.25) is 0 Å². The van der Waals surface area contributed by atoms with Crippen molar-refractivity contribution in [2.75, 3.05) is 6.61 Å². The Hall–Kier alpha value is -0.240. The molecule has 5 atom stereocenters. The molecule has 5 N–H and O–H groups in total. The third kappa shape index (κ3) is 1.42. The van der Waals surface area contributed by atoms with Gasteiger partial charge in [0, 0.05) is 0 Å². The van der Waals surface area contributed by atoms with Crippen LogP contribution in [0.15, 0.2) is 0 Å². The Morgan fingerprint density at radius 1 is 0.938 bits per heavy atom. The Bertz CT molecular complexity index is 281. The highest BCUT2D eigenvalue weighted by molar-refractivity contribution is 5.16. The van der Waals surface area contributed by atoms with Gasteiger partial charge in [-0.15, -0.1) is 0 Å². The monoisotopic (exact) mass is 236 g/mol. The van der Waals surface area contributed by atoms with E-state index in [4.69, 9.17) is 9.84 Å². The molecular weight excluding hydrogens is 216 g/mol. The first-order valence-electron chi connectivity index (χ1n) is 5.10. The van der Waals surface area contributed by atoms with Crippen molar-refractivity contribution in [1.82, 2.24) is 0 Å². The van der Waals surface area contributed by atoms with Crippen LogP contribution in [0.4, 0.5) is 0 Å². The molecule has 1 aliphatic rings. The Balaban J connectivity index is 3.30. The van der Waals surface area contributed by atoms with Crippen LogP contribution >= 0.6 is 0 Å². The van der Waals surface area contributed by atoms with E-state index < -0.39 is 35.3 Å². The maximum Gasteiger partial charge on any atom is 0.195 e. The number of rotatable bonds is 1. The summed E-state index contributed by atoms with van der Waals surface area (Å²) in [6, 6.07) is 0. The maximum absolute atomic E-state index is 10.2. The fourth-order valence-electron chi connectivity index (χ4n) is 1.98. The molecule has 0 aromatic rings. The van der Waals surface area contributed by atoms with E-state index in [0.29, 0.717) is 0 Å². The normalized spacial score (nSPS) is 58.7. The van der Waals surface area contributed by atoms with Gasteiger partial charge in [0.1, 0.15) is 22.9 Å². The number of aliphatic hydroxyl groups excluding tert-OH is 1. The Morgan fingerprint density at radius 3 is 1.75 bits per heavy atom. The van der Waals surface area contributed by atoms with E-state index in [9.17, 15) is 20.4 Å². The van der Waals surface area contributed by atoms with Crippen molar-refractivity contribution in [2.24, 2.45) is 0 Å². The van der Waals surface area contributed by atoms with E-state index in [1.807, 2.05) is 0 Å². The van der Waals surface area contributed by atoms with Crippen LogP contribution in [-0.4, -0.2) is 60.8 Å². The van der Waals surface area contributed by atoms with E-state index in [1.54, 1.807) is 0 Å². The van der Waals surface area contributed by atoms with Crippen LogP contribution in [0.5, 0.6) is 0 Å². The van der Waals surface area contributed by atoms with Crippen molar-refractivity contribution in [2.45, 2.75) is 56.4 Å². The van der Waals surface area contributed by atoms with Gasteiger partial charge >= 0.3 is 0 Å². The van der Waals surface area contributed by atoms with E-state index in [2.05, 4.69) is 0 Å². The van der Waals surface area contributed by atoms with Crippen molar-refractivity contribution >= 4 is 0 Å². The highest BCUT2D eigenvalue weighted by Crippen LogP contribution is 2.47. The van der Waals surface area contributed by atoms with Gasteiger partial charge in [-0.3, -0.25) is 0 Å². The van der Waals surface area contributed by atoms with Gasteiger partial charge in [-0.25, -0.2) is 0 Å². The summed E-state index contributed by atoms with van der Waals surface area (Å²) >= 11 is 0. The van der Waals surface area contributed by atoms with Crippen LogP contribution in [0.25, 0.3) is 0 Å². The zero-order valence-electron chi connectivity index (χ0n) is 9.93. The molecule has 0 spiro atoms. The average molecular weight is 236 g/mol. The largest absolute Gasteiger partial charge is 0.394 e. The molecule has 1 heterocycles. The van der Waals surface area contributed by atoms with Gasteiger partial charge < -0.3 is 30.3 Å². The number of aliphatic hydroxyl groups is 5. The van der Waals surface area contributed by atoms with Crippen LogP contribution in [0.1, 0.15) is 27.7 Å². The highest BCUT2D eigenvalue weighted by Gasteiger charge is 2.69. The van der Waals surface area contributed by atoms with Gasteiger partial charge in [0.15, 0.2) is 5.79 Å². The lowest BCUT2D eigenvalue weighted by Crippen LogP contribution is -2.80. The molecule has 0 aromatic heterocycles. The second-order valence-corrected chi connectivity index (χ2v) is 5.06. The minimum atomic E-state index is -2.09. The second kappa shape index (κ2) is 3.38. The third-order valence-electron chi connectivity index (χ3n) is 4.00. The smallest absolute Gasteiger partial charge is 0.195 e. The van der Waals surface area contributed by atoms with Crippen molar-refractivity contribution in [3.8, 4) is 0 Å². The zero-order valence-corrected chi connectivity index (χ0v) is 9.93. The van der Waals surface area contributed by atoms with E-state index in [1.165, 1.54) is 20.8 Å². The lowest BCUT2D eigenvalue weighted by Gasteiger charge is -2.60. The second-order valence-electron chi connectivity index (χ2n) is 5.06. The van der Waals surface area contributed by atoms with Crippen LogP contribution in [0.2, 0.25) is 0 Å². The topological polar surface area (TPSA) is 110 Å². The van der Waals surface area contributed by atoms with Gasteiger partial charge in [-0.05, 0) is 27.7 Å². The minimum absolute atomic E-state index is 0.588.